The number of hydrogen-bond donors (Lipinski definition) is 1. The Balaban J connectivity index is 2.08. The summed E-state index contributed by atoms with van der Waals surface area (Å²) < 4.78 is 0. The van der Waals surface area contributed by atoms with Gasteiger partial charge in [0.15, 0.2) is 0 Å². The van der Waals surface area contributed by atoms with Crippen LogP contribution in [-0.2, 0) is 11.2 Å². The van der Waals surface area contributed by atoms with E-state index in [1.54, 1.807) is 13.2 Å². The van der Waals surface area contributed by atoms with Crippen LogP contribution in [0.15, 0.2) is 48.7 Å². The molecule has 0 bridgehead atoms. The van der Waals surface area contributed by atoms with Gasteiger partial charge in [-0.25, -0.2) is 4.98 Å². The van der Waals surface area contributed by atoms with E-state index >= 15 is 0 Å². The van der Waals surface area contributed by atoms with Crippen LogP contribution in [0, 0.1) is 6.92 Å². The number of benzene rings is 1. The minimum absolute atomic E-state index is 0.0413. The fourth-order valence-corrected chi connectivity index (χ4v) is 2.70. The van der Waals surface area contributed by atoms with E-state index < -0.39 is 0 Å². The molecule has 3 rings (SSSR count). The smallest absolute Gasteiger partial charge is 0.220 e. The molecule has 0 atom stereocenters. The van der Waals surface area contributed by atoms with Crippen molar-refractivity contribution in [2.45, 2.75) is 19.8 Å². The largest absolute Gasteiger partial charge is 0.359 e. The molecule has 0 fully saturated rings. The third kappa shape index (κ3) is 3.21. The maximum absolute atomic E-state index is 11.5. The molecule has 3 aromatic rings. The number of carbonyl (C=O) groups is 1. The van der Waals surface area contributed by atoms with Crippen LogP contribution in [0.25, 0.3) is 22.3 Å². The van der Waals surface area contributed by atoms with Crippen molar-refractivity contribution in [1.29, 1.82) is 0 Å². The van der Waals surface area contributed by atoms with Crippen LogP contribution >= 0.6 is 0 Å². The average molecular weight is 305 g/mol. The lowest BCUT2D eigenvalue weighted by atomic mass is 10.0. The number of nitrogens with zero attached hydrogens (tertiary/aromatic N) is 2. The monoisotopic (exact) mass is 305 g/mol. The highest BCUT2D eigenvalue weighted by Gasteiger charge is 2.10. The highest BCUT2D eigenvalue weighted by Crippen LogP contribution is 2.26. The zero-order valence-electron chi connectivity index (χ0n) is 13.3. The van der Waals surface area contributed by atoms with Crippen molar-refractivity contribution in [3.8, 4) is 11.4 Å². The van der Waals surface area contributed by atoms with Gasteiger partial charge in [0.1, 0.15) is 0 Å². The molecule has 0 spiro atoms. The Morgan fingerprint density at radius 2 is 2.00 bits per heavy atom. The minimum atomic E-state index is 0.0413. The molecule has 0 radical (unpaired) electrons. The van der Waals surface area contributed by atoms with E-state index in [1.165, 1.54) is 0 Å². The van der Waals surface area contributed by atoms with Crippen LogP contribution in [0.4, 0.5) is 0 Å². The van der Waals surface area contributed by atoms with Gasteiger partial charge in [-0.2, -0.15) is 0 Å². The van der Waals surface area contributed by atoms with E-state index in [9.17, 15) is 4.79 Å². The zero-order chi connectivity index (χ0) is 16.2. The number of hydrogen-bond acceptors (Lipinski definition) is 3. The molecule has 116 valence electrons. The third-order valence-electron chi connectivity index (χ3n) is 3.96. The van der Waals surface area contributed by atoms with Gasteiger partial charge in [-0.05, 0) is 42.7 Å². The first-order chi connectivity index (χ1) is 11.2. The molecule has 23 heavy (non-hydrogen) atoms. The van der Waals surface area contributed by atoms with Gasteiger partial charge < -0.3 is 5.32 Å². The molecular weight excluding hydrogens is 286 g/mol. The normalized spacial score (nSPS) is 10.7. The van der Waals surface area contributed by atoms with Crippen molar-refractivity contribution in [3.05, 3.63) is 59.8 Å². The maximum atomic E-state index is 11.5. The van der Waals surface area contributed by atoms with Crippen molar-refractivity contribution in [3.63, 3.8) is 0 Å². The SMILES string of the molecule is CNC(=O)CCc1cccc2c(C)cc(-c3ccccn3)nc12. The van der Waals surface area contributed by atoms with Crippen molar-refractivity contribution in [1.82, 2.24) is 15.3 Å². The number of nitrogens with one attached hydrogen (secondary N) is 1. The molecule has 2 aromatic heterocycles. The van der Waals surface area contributed by atoms with Crippen molar-refractivity contribution >= 4 is 16.8 Å². The lowest BCUT2D eigenvalue weighted by Crippen LogP contribution is -2.18. The number of para-hydroxylation sites is 1. The number of amides is 1. The number of pyridine rings is 2. The molecule has 1 N–H and O–H groups in total. The van der Waals surface area contributed by atoms with E-state index in [2.05, 4.69) is 29.4 Å². The summed E-state index contributed by atoms with van der Waals surface area (Å²) in [5.74, 6) is 0.0413. The van der Waals surface area contributed by atoms with Crippen molar-refractivity contribution in [2.75, 3.05) is 7.05 Å². The summed E-state index contributed by atoms with van der Waals surface area (Å²) in [7, 11) is 1.66. The van der Waals surface area contributed by atoms with Crippen LogP contribution in [-0.4, -0.2) is 22.9 Å². The summed E-state index contributed by atoms with van der Waals surface area (Å²) in [5.41, 5.74) is 4.93. The lowest BCUT2D eigenvalue weighted by Gasteiger charge is -2.10. The Kier molecular flexibility index (Phi) is 4.33. The Hall–Kier alpha value is -2.75. The van der Waals surface area contributed by atoms with E-state index in [4.69, 9.17) is 4.98 Å². The van der Waals surface area contributed by atoms with Gasteiger partial charge in [0.25, 0.3) is 0 Å². The zero-order valence-corrected chi connectivity index (χ0v) is 13.3. The molecular formula is C19H19N3O. The van der Waals surface area contributed by atoms with Gasteiger partial charge in [0.2, 0.25) is 5.91 Å². The predicted molar refractivity (Wildman–Crippen MR) is 92.1 cm³/mol. The molecule has 1 aromatic carbocycles. The number of rotatable bonds is 4. The fraction of sp³-hybridized carbons (Fsp3) is 0.211. The molecule has 0 unspecified atom stereocenters. The van der Waals surface area contributed by atoms with Crippen LogP contribution in [0.1, 0.15) is 17.5 Å². The van der Waals surface area contributed by atoms with Crippen LogP contribution in [0.2, 0.25) is 0 Å². The topological polar surface area (TPSA) is 54.9 Å². The average Bonchev–Trinajstić information content (AvgIpc) is 2.60. The molecule has 0 aliphatic heterocycles. The van der Waals surface area contributed by atoms with E-state index in [0.29, 0.717) is 12.8 Å². The van der Waals surface area contributed by atoms with Crippen LogP contribution < -0.4 is 5.32 Å². The minimum Gasteiger partial charge on any atom is -0.359 e. The van der Waals surface area contributed by atoms with Crippen molar-refractivity contribution < 1.29 is 4.79 Å². The highest BCUT2D eigenvalue weighted by atomic mass is 16.1. The molecule has 1 amide bonds. The number of aromatic nitrogens is 2. The molecule has 0 saturated heterocycles. The Labute approximate surface area is 135 Å². The summed E-state index contributed by atoms with van der Waals surface area (Å²) in [6.07, 6.45) is 2.91. The predicted octanol–water partition coefficient (Wildman–Crippen LogP) is 3.28. The maximum Gasteiger partial charge on any atom is 0.220 e. The van der Waals surface area contributed by atoms with Gasteiger partial charge in [0, 0.05) is 25.1 Å². The number of aryl methyl sites for hydroxylation is 2. The number of carbonyl (C=O) groups excluding carboxylic acids is 1. The quantitative estimate of drug-likeness (QED) is 0.805. The van der Waals surface area contributed by atoms with Gasteiger partial charge in [-0.3, -0.25) is 9.78 Å². The summed E-state index contributed by atoms with van der Waals surface area (Å²) >= 11 is 0. The second-order valence-corrected chi connectivity index (χ2v) is 5.53. The first-order valence-corrected chi connectivity index (χ1v) is 7.70. The molecule has 0 saturated carbocycles. The third-order valence-corrected chi connectivity index (χ3v) is 3.96. The second-order valence-electron chi connectivity index (χ2n) is 5.53. The summed E-state index contributed by atoms with van der Waals surface area (Å²) in [5, 5.41) is 3.79. The molecule has 4 heteroatoms. The fourth-order valence-electron chi connectivity index (χ4n) is 2.70. The molecule has 4 nitrogen and oxygen atoms in total. The molecule has 2 heterocycles. The summed E-state index contributed by atoms with van der Waals surface area (Å²) in [6.45, 7) is 2.08. The number of fused-ring (bicyclic) bond motifs is 1. The van der Waals surface area contributed by atoms with Crippen LogP contribution in [0.3, 0.4) is 0 Å². The van der Waals surface area contributed by atoms with Gasteiger partial charge in [-0.15, -0.1) is 0 Å². The first kappa shape index (κ1) is 15.2. The lowest BCUT2D eigenvalue weighted by molar-refractivity contribution is -0.120. The van der Waals surface area contributed by atoms with E-state index in [1.807, 2.05) is 30.3 Å². The first-order valence-electron chi connectivity index (χ1n) is 7.70. The van der Waals surface area contributed by atoms with Gasteiger partial charge >= 0.3 is 0 Å². The van der Waals surface area contributed by atoms with E-state index in [0.717, 1.165) is 33.4 Å². The Morgan fingerprint density at radius 3 is 2.74 bits per heavy atom. The Bertz CT molecular complexity index is 844. The summed E-state index contributed by atoms with van der Waals surface area (Å²) in [6, 6.07) is 14.0. The molecule has 0 aliphatic carbocycles. The van der Waals surface area contributed by atoms with Gasteiger partial charge in [0.05, 0.1) is 16.9 Å². The van der Waals surface area contributed by atoms with Crippen LogP contribution in [0.5, 0.6) is 0 Å². The van der Waals surface area contributed by atoms with Crippen molar-refractivity contribution in [2.24, 2.45) is 0 Å². The van der Waals surface area contributed by atoms with E-state index in [-0.39, 0.29) is 5.91 Å². The highest BCUT2D eigenvalue weighted by molar-refractivity contribution is 5.87. The Morgan fingerprint density at radius 1 is 1.13 bits per heavy atom. The standard InChI is InChI=1S/C19H19N3O/c1-13-12-17(16-8-3-4-11-21-16)22-19-14(6-5-7-15(13)19)9-10-18(23)20-2/h3-8,11-12H,9-10H2,1-2H3,(H,20,23). The molecule has 0 aliphatic rings. The summed E-state index contributed by atoms with van der Waals surface area (Å²) in [4.78, 5) is 20.7. The van der Waals surface area contributed by atoms with Gasteiger partial charge in [-0.1, -0.05) is 24.3 Å². The second kappa shape index (κ2) is 6.57.